The fourth-order valence-corrected chi connectivity index (χ4v) is 3.10. The molecule has 1 N–H and O–H groups in total. The SMILES string of the molecule is CS(=O)(=O)c1ccccc1NC(=O)CCC1CCOC1. The Labute approximate surface area is 119 Å². The minimum atomic E-state index is -3.34. The number of carbonyl (C=O) groups is 1. The van der Waals surface area contributed by atoms with Crippen LogP contribution in [0.5, 0.6) is 0 Å². The lowest BCUT2D eigenvalue weighted by atomic mass is 10.0. The number of hydrogen-bond donors (Lipinski definition) is 1. The predicted molar refractivity (Wildman–Crippen MR) is 76.3 cm³/mol. The molecule has 1 aliphatic heterocycles. The average molecular weight is 297 g/mol. The normalized spacial score (nSPS) is 18.9. The third-order valence-electron chi connectivity index (χ3n) is 3.36. The molecule has 0 spiro atoms. The largest absolute Gasteiger partial charge is 0.381 e. The van der Waals surface area contributed by atoms with Gasteiger partial charge >= 0.3 is 0 Å². The molecule has 1 aromatic rings. The molecule has 1 heterocycles. The number of nitrogens with one attached hydrogen (secondary N) is 1. The molecular weight excluding hydrogens is 278 g/mol. The molecule has 20 heavy (non-hydrogen) atoms. The molecule has 0 aliphatic carbocycles. The number of para-hydroxylation sites is 1. The topological polar surface area (TPSA) is 72.5 Å². The molecule has 1 aromatic carbocycles. The van der Waals surface area contributed by atoms with Crippen molar-refractivity contribution in [1.29, 1.82) is 0 Å². The van der Waals surface area contributed by atoms with E-state index in [1.807, 2.05) is 0 Å². The van der Waals surface area contributed by atoms with Gasteiger partial charge in [0.05, 0.1) is 10.6 Å². The van der Waals surface area contributed by atoms with Crippen molar-refractivity contribution in [1.82, 2.24) is 0 Å². The van der Waals surface area contributed by atoms with E-state index in [4.69, 9.17) is 4.74 Å². The van der Waals surface area contributed by atoms with Crippen molar-refractivity contribution in [3.8, 4) is 0 Å². The Morgan fingerprint density at radius 3 is 2.80 bits per heavy atom. The summed E-state index contributed by atoms with van der Waals surface area (Å²) >= 11 is 0. The van der Waals surface area contributed by atoms with Crippen LogP contribution in [-0.4, -0.2) is 33.8 Å². The van der Waals surface area contributed by atoms with Crippen LogP contribution in [0.3, 0.4) is 0 Å². The van der Waals surface area contributed by atoms with Gasteiger partial charge in [-0.3, -0.25) is 4.79 Å². The van der Waals surface area contributed by atoms with Gasteiger partial charge in [-0.25, -0.2) is 8.42 Å². The summed E-state index contributed by atoms with van der Waals surface area (Å²) < 4.78 is 28.5. The summed E-state index contributed by atoms with van der Waals surface area (Å²) in [5.41, 5.74) is 0.350. The molecule has 2 rings (SSSR count). The third kappa shape index (κ3) is 4.05. The van der Waals surface area contributed by atoms with Crippen molar-refractivity contribution < 1.29 is 17.9 Å². The van der Waals surface area contributed by atoms with Crippen LogP contribution in [0.1, 0.15) is 19.3 Å². The number of benzene rings is 1. The molecule has 1 saturated heterocycles. The van der Waals surface area contributed by atoms with Crippen molar-refractivity contribution in [3.05, 3.63) is 24.3 Å². The lowest BCUT2D eigenvalue weighted by Crippen LogP contribution is -2.15. The van der Waals surface area contributed by atoms with E-state index in [1.54, 1.807) is 18.2 Å². The maximum Gasteiger partial charge on any atom is 0.224 e. The van der Waals surface area contributed by atoms with Gasteiger partial charge in [0.15, 0.2) is 9.84 Å². The van der Waals surface area contributed by atoms with Crippen LogP contribution in [0.25, 0.3) is 0 Å². The summed E-state index contributed by atoms with van der Waals surface area (Å²) in [5, 5.41) is 2.68. The van der Waals surface area contributed by atoms with E-state index < -0.39 is 9.84 Å². The summed E-state index contributed by atoms with van der Waals surface area (Å²) in [6.45, 7) is 1.48. The van der Waals surface area contributed by atoms with Crippen LogP contribution in [0.2, 0.25) is 0 Å². The number of carbonyl (C=O) groups excluding carboxylic acids is 1. The first-order chi connectivity index (χ1) is 9.47. The highest BCUT2D eigenvalue weighted by Crippen LogP contribution is 2.22. The predicted octanol–water partition coefficient (Wildman–Crippen LogP) is 1.85. The molecule has 1 atom stereocenters. The van der Waals surface area contributed by atoms with Crippen molar-refractivity contribution in [2.75, 3.05) is 24.8 Å². The highest BCUT2D eigenvalue weighted by Gasteiger charge is 2.18. The number of hydrogen-bond acceptors (Lipinski definition) is 4. The quantitative estimate of drug-likeness (QED) is 0.900. The minimum absolute atomic E-state index is 0.151. The second kappa shape index (κ2) is 6.37. The molecule has 1 fully saturated rings. The lowest BCUT2D eigenvalue weighted by Gasteiger charge is -2.11. The van der Waals surface area contributed by atoms with Gasteiger partial charge in [0.25, 0.3) is 0 Å². The second-order valence-electron chi connectivity index (χ2n) is 5.08. The zero-order valence-corrected chi connectivity index (χ0v) is 12.3. The Morgan fingerprint density at radius 2 is 2.15 bits per heavy atom. The first-order valence-corrected chi connectivity index (χ1v) is 8.52. The molecule has 0 radical (unpaired) electrons. The summed E-state index contributed by atoms with van der Waals surface area (Å²) in [5.74, 6) is 0.277. The van der Waals surface area contributed by atoms with Gasteiger partial charge in [0.1, 0.15) is 0 Å². The lowest BCUT2D eigenvalue weighted by molar-refractivity contribution is -0.116. The molecule has 5 nitrogen and oxygen atoms in total. The van der Waals surface area contributed by atoms with Gasteiger partial charge in [-0.1, -0.05) is 12.1 Å². The monoisotopic (exact) mass is 297 g/mol. The number of sulfone groups is 1. The number of anilines is 1. The van der Waals surface area contributed by atoms with Crippen LogP contribution in [0.15, 0.2) is 29.2 Å². The summed E-state index contributed by atoms with van der Waals surface area (Å²) in [7, 11) is -3.34. The van der Waals surface area contributed by atoms with Crippen LogP contribution in [0, 0.1) is 5.92 Å². The molecule has 6 heteroatoms. The van der Waals surface area contributed by atoms with E-state index in [0.29, 0.717) is 24.6 Å². The van der Waals surface area contributed by atoms with Gasteiger partial charge in [-0.05, 0) is 30.9 Å². The number of rotatable bonds is 5. The van der Waals surface area contributed by atoms with Crippen LogP contribution in [-0.2, 0) is 19.4 Å². The zero-order chi connectivity index (χ0) is 14.6. The first kappa shape index (κ1) is 15.0. The van der Waals surface area contributed by atoms with Crippen molar-refractivity contribution >= 4 is 21.4 Å². The molecule has 110 valence electrons. The van der Waals surface area contributed by atoms with E-state index in [-0.39, 0.29) is 10.8 Å². The van der Waals surface area contributed by atoms with E-state index in [1.165, 1.54) is 6.07 Å². The van der Waals surface area contributed by atoms with E-state index >= 15 is 0 Å². The molecule has 0 aromatic heterocycles. The van der Waals surface area contributed by atoms with Crippen molar-refractivity contribution in [2.24, 2.45) is 5.92 Å². The van der Waals surface area contributed by atoms with Gasteiger partial charge in [0.2, 0.25) is 5.91 Å². The molecule has 0 bridgehead atoms. The molecule has 1 aliphatic rings. The maximum absolute atomic E-state index is 11.9. The standard InChI is InChI=1S/C14H19NO4S/c1-20(17,18)13-5-3-2-4-12(13)15-14(16)7-6-11-8-9-19-10-11/h2-5,11H,6-10H2,1H3,(H,15,16). The Kier molecular flexibility index (Phi) is 4.77. The summed E-state index contributed by atoms with van der Waals surface area (Å²) in [4.78, 5) is 12.1. The minimum Gasteiger partial charge on any atom is -0.381 e. The Hall–Kier alpha value is -1.40. The summed E-state index contributed by atoms with van der Waals surface area (Å²) in [6, 6.07) is 6.44. The maximum atomic E-state index is 11.9. The fourth-order valence-electron chi connectivity index (χ4n) is 2.25. The van der Waals surface area contributed by atoms with E-state index in [0.717, 1.165) is 25.7 Å². The smallest absolute Gasteiger partial charge is 0.224 e. The zero-order valence-electron chi connectivity index (χ0n) is 11.5. The highest BCUT2D eigenvalue weighted by atomic mass is 32.2. The number of ether oxygens (including phenoxy) is 1. The van der Waals surface area contributed by atoms with Gasteiger partial charge in [-0.15, -0.1) is 0 Å². The fraction of sp³-hybridized carbons (Fsp3) is 0.500. The van der Waals surface area contributed by atoms with Crippen LogP contribution < -0.4 is 5.32 Å². The Bertz CT molecular complexity index is 577. The van der Waals surface area contributed by atoms with E-state index in [9.17, 15) is 13.2 Å². The Balaban J connectivity index is 1.97. The van der Waals surface area contributed by atoms with Crippen LogP contribution in [0.4, 0.5) is 5.69 Å². The second-order valence-corrected chi connectivity index (χ2v) is 7.07. The third-order valence-corrected chi connectivity index (χ3v) is 4.52. The van der Waals surface area contributed by atoms with Crippen molar-refractivity contribution in [2.45, 2.75) is 24.2 Å². The van der Waals surface area contributed by atoms with E-state index in [2.05, 4.69) is 5.32 Å². The molecular formula is C14H19NO4S. The number of amides is 1. The molecule has 1 amide bonds. The molecule has 0 saturated carbocycles. The average Bonchev–Trinajstić information content (AvgIpc) is 2.89. The van der Waals surface area contributed by atoms with Gasteiger partial charge < -0.3 is 10.1 Å². The van der Waals surface area contributed by atoms with Gasteiger partial charge in [-0.2, -0.15) is 0 Å². The van der Waals surface area contributed by atoms with Crippen LogP contribution >= 0.6 is 0 Å². The van der Waals surface area contributed by atoms with Crippen molar-refractivity contribution in [3.63, 3.8) is 0 Å². The first-order valence-electron chi connectivity index (χ1n) is 6.63. The Morgan fingerprint density at radius 1 is 1.40 bits per heavy atom. The molecule has 1 unspecified atom stereocenters. The summed E-state index contributed by atoms with van der Waals surface area (Å²) in [6.07, 6.45) is 3.28. The van der Waals surface area contributed by atoms with Gasteiger partial charge in [0, 0.05) is 25.9 Å². The highest BCUT2D eigenvalue weighted by molar-refractivity contribution is 7.90.